The molecule has 0 aromatic heterocycles. The summed E-state index contributed by atoms with van der Waals surface area (Å²) >= 11 is 0. The van der Waals surface area contributed by atoms with Gasteiger partial charge in [0, 0.05) is 13.1 Å². The Balaban J connectivity index is 2.24. The molecular formula is C12H22N2O3. The molecule has 3 N–H and O–H groups in total. The number of carboxylic acids is 1. The maximum Gasteiger partial charge on any atom is 0.314 e. The maximum absolute atomic E-state index is 11.5. The molecule has 0 bridgehead atoms. The van der Waals surface area contributed by atoms with Gasteiger partial charge >= 0.3 is 12.0 Å². The molecule has 1 fully saturated rings. The van der Waals surface area contributed by atoms with Gasteiger partial charge in [0.2, 0.25) is 0 Å². The molecule has 0 spiro atoms. The lowest BCUT2D eigenvalue weighted by Crippen LogP contribution is -2.45. The van der Waals surface area contributed by atoms with Crippen LogP contribution in [0.1, 0.15) is 33.6 Å². The minimum atomic E-state index is -0.885. The Labute approximate surface area is 102 Å². The number of aliphatic carboxylic acids is 1. The van der Waals surface area contributed by atoms with Crippen LogP contribution in [0, 0.1) is 17.3 Å². The predicted molar refractivity (Wildman–Crippen MR) is 64.7 cm³/mol. The molecule has 0 radical (unpaired) electrons. The van der Waals surface area contributed by atoms with Crippen molar-refractivity contribution in [2.45, 2.75) is 33.6 Å². The van der Waals surface area contributed by atoms with Gasteiger partial charge in [0.1, 0.15) is 0 Å². The second kappa shape index (κ2) is 5.38. The first-order valence-electron chi connectivity index (χ1n) is 6.14. The van der Waals surface area contributed by atoms with Crippen LogP contribution in [-0.4, -0.2) is 30.2 Å². The molecule has 2 amide bonds. The van der Waals surface area contributed by atoms with Crippen molar-refractivity contribution >= 4 is 12.0 Å². The molecule has 1 rings (SSSR count). The first kappa shape index (κ1) is 13.8. The maximum atomic E-state index is 11.5. The highest BCUT2D eigenvalue weighted by Gasteiger charge is 2.33. The smallest absolute Gasteiger partial charge is 0.314 e. The van der Waals surface area contributed by atoms with Crippen LogP contribution in [-0.2, 0) is 4.79 Å². The topological polar surface area (TPSA) is 78.4 Å². The molecular weight excluding hydrogens is 220 g/mol. The summed E-state index contributed by atoms with van der Waals surface area (Å²) in [4.78, 5) is 22.5. The van der Waals surface area contributed by atoms with Gasteiger partial charge in [-0.05, 0) is 31.6 Å². The lowest BCUT2D eigenvalue weighted by atomic mass is 9.88. The van der Waals surface area contributed by atoms with Crippen LogP contribution in [0.2, 0.25) is 0 Å². The third-order valence-electron chi connectivity index (χ3n) is 3.74. The van der Waals surface area contributed by atoms with Gasteiger partial charge in [0.15, 0.2) is 0 Å². The Kier molecular flexibility index (Phi) is 4.37. The van der Waals surface area contributed by atoms with Gasteiger partial charge in [0.05, 0.1) is 5.41 Å². The fraction of sp³-hybridized carbons (Fsp3) is 0.833. The average Bonchev–Trinajstić information content (AvgIpc) is 2.99. The van der Waals surface area contributed by atoms with Crippen molar-refractivity contribution in [2.75, 3.05) is 13.1 Å². The lowest BCUT2D eigenvalue weighted by Gasteiger charge is -2.23. The van der Waals surface area contributed by atoms with Crippen LogP contribution < -0.4 is 10.6 Å². The number of urea groups is 1. The van der Waals surface area contributed by atoms with Gasteiger partial charge in [-0.2, -0.15) is 0 Å². The largest absolute Gasteiger partial charge is 0.481 e. The molecule has 5 nitrogen and oxygen atoms in total. The van der Waals surface area contributed by atoms with E-state index >= 15 is 0 Å². The Morgan fingerprint density at radius 2 is 2.00 bits per heavy atom. The van der Waals surface area contributed by atoms with Gasteiger partial charge in [0.25, 0.3) is 0 Å². The first-order valence-corrected chi connectivity index (χ1v) is 6.14. The van der Waals surface area contributed by atoms with E-state index in [9.17, 15) is 9.59 Å². The molecule has 1 aliphatic carbocycles. The average molecular weight is 242 g/mol. The third-order valence-corrected chi connectivity index (χ3v) is 3.74. The minimum Gasteiger partial charge on any atom is -0.481 e. The highest BCUT2D eigenvalue weighted by molar-refractivity contribution is 5.77. The van der Waals surface area contributed by atoms with Crippen molar-refractivity contribution in [1.82, 2.24) is 10.6 Å². The molecule has 0 aromatic rings. The summed E-state index contributed by atoms with van der Waals surface area (Å²) in [5.74, 6) is 0.420. The van der Waals surface area contributed by atoms with Crippen molar-refractivity contribution in [1.29, 1.82) is 0 Å². The number of rotatable bonds is 6. The molecule has 1 saturated carbocycles. The van der Waals surface area contributed by atoms with Crippen LogP contribution in [0.15, 0.2) is 0 Å². The van der Waals surface area contributed by atoms with Gasteiger partial charge in [-0.3, -0.25) is 4.79 Å². The summed E-state index contributed by atoms with van der Waals surface area (Å²) in [6.07, 6.45) is 1.66. The monoisotopic (exact) mass is 242 g/mol. The summed E-state index contributed by atoms with van der Waals surface area (Å²) < 4.78 is 0. The Morgan fingerprint density at radius 3 is 2.41 bits per heavy atom. The number of carbonyl (C=O) groups excluding carboxylic acids is 1. The second-order valence-electron chi connectivity index (χ2n) is 5.26. The van der Waals surface area contributed by atoms with Crippen molar-refractivity contribution in [3.63, 3.8) is 0 Å². The van der Waals surface area contributed by atoms with E-state index in [1.54, 1.807) is 13.8 Å². The quantitative estimate of drug-likeness (QED) is 0.659. The fourth-order valence-corrected chi connectivity index (χ4v) is 1.60. The second-order valence-corrected chi connectivity index (χ2v) is 5.26. The van der Waals surface area contributed by atoms with Gasteiger partial charge in [-0.15, -0.1) is 0 Å². The van der Waals surface area contributed by atoms with E-state index in [0.717, 1.165) is 0 Å². The van der Waals surface area contributed by atoms with E-state index < -0.39 is 11.4 Å². The van der Waals surface area contributed by atoms with Crippen LogP contribution in [0.4, 0.5) is 4.79 Å². The number of amides is 2. The van der Waals surface area contributed by atoms with Crippen LogP contribution in [0.25, 0.3) is 0 Å². The number of carbonyl (C=O) groups is 2. The summed E-state index contributed by atoms with van der Waals surface area (Å²) in [6.45, 7) is 6.44. The zero-order chi connectivity index (χ0) is 13.1. The van der Waals surface area contributed by atoms with Gasteiger partial charge < -0.3 is 15.7 Å². The van der Waals surface area contributed by atoms with Gasteiger partial charge in [-0.1, -0.05) is 13.8 Å². The highest BCUT2D eigenvalue weighted by atomic mass is 16.4. The minimum absolute atomic E-state index is 0.158. The van der Waals surface area contributed by atoms with E-state index in [-0.39, 0.29) is 12.6 Å². The number of nitrogens with one attached hydrogen (secondary N) is 2. The zero-order valence-corrected chi connectivity index (χ0v) is 10.7. The standard InChI is InChI=1S/C12H22N2O3/c1-4-12(3,10(15)16)7-14-11(17)13-6-9-5-8(9)2/h8-9H,4-7H2,1-3H3,(H,15,16)(H2,13,14,17). The van der Waals surface area contributed by atoms with Crippen LogP contribution >= 0.6 is 0 Å². The first-order chi connectivity index (χ1) is 7.89. The van der Waals surface area contributed by atoms with E-state index in [1.807, 2.05) is 0 Å². The summed E-state index contributed by atoms with van der Waals surface area (Å²) in [7, 11) is 0. The molecule has 0 aromatic carbocycles. The summed E-state index contributed by atoms with van der Waals surface area (Å²) in [6, 6.07) is -0.273. The SMILES string of the molecule is CCC(C)(CNC(=O)NCC1CC1C)C(=O)O. The Bertz CT molecular complexity index is 306. The summed E-state index contributed by atoms with van der Waals surface area (Å²) in [5, 5.41) is 14.4. The fourth-order valence-electron chi connectivity index (χ4n) is 1.60. The molecule has 0 aliphatic heterocycles. The van der Waals surface area contributed by atoms with E-state index in [0.29, 0.717) is 24.8 Å². The molecule has 3 atom stereocenters. The van der Waals surface area contributed by atoms with Crippen molar-refractivity contribution in [2.24, 2.45) is 17.3 Å². The molecule has 1 aliphatic rings. The van der Waals surface area contributed by atoms with E-state index in [4.69, 9.17) is 5.11 Å². The predicted octanol–water partition coefficient (Wildman–Crippen LogP) is 1.44. The van der Waals surface area contributed by atoms with Crippen LogP contribution in [0.3, 0.4) is 0 Å². The van der Waals surface area contributed by atoms with E-state index in [1.165, 1.54) is 6.42 Å². The Hall–Kier alpha value is -1.26. The molecule has 0 saturated heterocycles. The van der Waals surface area contributed by atoms with Crippen molar-refractivity contribution in [3.8, 4) is 0 Å². The van der Waals surface area contributed by atoms with E-state index in [2.05, 4.69) is 17.6 Å². The highest BCUT2D eigenvalue weighted by Crippen LogP contribution is 2.36. The number of carboxylic acid groups (broad SMARTS) is 1. The van der Waals surface area contributed by atoms with Crippen molar-refractivity contribution < 1.29 is 14.7 Å². The molecule has 17 heavy (non-hydrogen) atoms. The number of hydrogen-bond donors (Lipinski definition) is 3. The van der Waals surface area contributed by atoms with Crippen molar-refractivity contribution in [3.05, 3.63) is 0 Å². The molecule has 3 unspecified atom stereocenters. The molecule has 5 heteroatoms. The third kappa shape index (κ3) is 3.91. The Morgan fingerprint density at radius 1 is 1.41 bits per heavy atom. The lowest BCUT2D eigenvalue weighted by molar-refractivity contribution is -0.147. The van der Waals surface area contributed by atoms with Gasteiger partial charge in [-0.25, -0.2) is 4.79 Å². The molecule has 0 heterocycles. The van der Waals surface area contributed by atoms with Crippen LogP contribution in [0.5, 0.6) is 0 Å². The number of hydrogen-bond acceptors (Lipinski definition) is 2. The normalized spacial score (nSPS) is 25.8. The molecule has 98 valence electrons. The zero-order valence-electron chi connectivity index (χ0n) is 10.7. The summed E-state index contributed by atoms with van der Waals surface area (Å²) in [5.41, 5.74) is -0.885.